The number of nitrogens with two attached hydrogens (primary N) is 1. The van der Waals surface area contributed by atoms with Gasteiger partial charge in [-0.05, 0) is 19.1 Å². The maximum atomic E-state index is 5.52. The fourth-order valence-electron chi connectivity index (χ4n) is 1.13. The van der Waals surface area contributed by atoms with Gasteiger partial charge in [0, 0.05) is 35.1 Å². The number of pyridine rings is 1. The zero-order valence-electron chi connectivity index (χ0n) is 7.90. The average Bonchev–Trinajstić information content (AvgIpc) is 2.67. The van der Waals surface area contributed by atoms with Crippen LogP contribution in [0.15, 0.2) is 24.5 Å². The zero-order chi connectivity index (χ0) is 9.97. The maximum absolute atomic E-state index is 5.52. The second kappa shape index (κ2) is 3.86. The van der Waals surface area contributed by atoms with Crippen molar-refractivity contribution < 1.29 is 0 Å². The van der Waals surface area contributed by atoms with Crippen LogP contribution in [0.2, 0.25) is 0 Å². The molecule has 3 nitrogen and oxygen atoms in total. The van der Waals surface area contributed by atoms with E-state index in [2.05, 4.69) is 9.97 Å². The quantitative estimate of drug-likeness (QED) is 0.815. The summed E-state index contributed by atoms with van der Waals surface area (Å²) in [4.78, 5) is 9.61. The number of hydrogen-bond acceptors (Lipinski definition) is 4. The van der Waals surface area contributed by atoms with Crippen LogP contribution in [0.4, 0.5) is 0 Å². The van der Waals surface area contributed by atoms with Crippen LogP contribution in [0.5, 0.6) is 0 Å². The zero-order valence-corrected chi connectivity index (χ0v) is 8.71. The molecule has 72 valence electrons. The minimum absolute atomic E-state index is 0.553. The number of thiazole rings is 1. The molecule has 0 aromatic carbocycles. The molecule has 2 heterocycles. The summed E-state index contributed by atoms with van der Waals surface area (Å²) in [5.41, 5.74) is 7.59. The molecule has 0 unspecified atom stereocenters. The van der Waals surface area contributed by atoms with Gasteiger partial charge in [0.15, 0.2) is 0 Å². The van der Waals surface area contributed by atoms with E-state index >= 15 is 0 Å². The first-order chi connectivity index (χ1) is 6.79. The average molecular weight is 205 g/mol. The molecule has 0 spiro atoms. The Bertz CT molecular complexity index is 419. The Morgan fingerprint density at radius 3 is 2.71 bits per heavy atom. The Kier molecular flexibility index (Phi) is 2.56. The van der Waals surface area contributed by atoms with Gasteiger partial charge in [-0.3, -0.25) is 4.98 Å². The molecule has 14 heavy (non-hydrogen) atoms. The first kappa shape index (κ1) is 9.30. The van der Waals surface area contributed by atoms with Crippen molar-refractivity contribution in [1.82, 2.24) is 9.97 Å². The molecule has 0 bridgehead atoms. The van der Waals surface area contributed by atoms with Gasteiger partial charge < -0.3 is 5.73 Å². The van der Waals surface area contributed by atoms with Crippen molar-refractivity contribution >= 4 is 11.3 Å². The van der Waals surface area contributed by atoms with Crippen LogP contribution in [0.1, 0.15) is 10.6 Å². The largest absolute Gasteiger partial charge is 0.326 e. The molecule has 0 aliphatic rings. The molecule has 0 fully saturated rings. The van der Waals surface area contributed by atoms with Crippen molar-refractivity contribution in [3.63, 3.8) is 0 Å². The van der Waals surface area contributed by atoms with Crippen molar-refractivity contribution in [2.24, 2.45) is 5.73 Å². The summed E-state index contributed by atoms with van der Waals surface area (Å²) in [5.74, 6) is 0. The Labute approximate surface area is 86.6 Å². The molecule has 0 aliphatic heterocycles. The van der Waals surface area contributed by atoms with Crippen LogP contribution >= 0.6 is 11.3 Å². The first-order valence-corrected chi connectivity index (χ1v) is 5.19. The highest BCUT2D eigenvalue weighted by atomic mass is 32.1. The van der Waals surface area contributed by atoms with Gasteiger partial charge in [-0.15, -0.1) is 11.3 Å². The lowest BCUT2D eigenvalue weighted by atomic mass is 10.3. The Morgan fingerprint density at radius 2 is 2.14 bits per heavy atom. The van der Waals surface area contributed by atoms with Crippen molar-refractivity contribution in [2.45, 2.75) is 13.5 Å². The van der Waals surface area contributed by atoms with Gasteiger partial charge in [0.1, 0.15) is 5.01 Å². The highest BCUT2D eigenvalue weighted by molar-refractivity contribution is 7.15. The van der Waals surface area contributed by atoms with Crippen molar-refractivity contribution in [2.75, 3.05) is 0 Å². The molecule has 0 saturated carbocycles. The van der Waals surface area contributed by atoms with E-state index in [9.17, 15) is 0 Å². The maximum Gasteiger partial charge on any atom is 0.125 e. The second-order valence-electron chi connectivity index (χ2n) is 3.02. The fourth-order valence-corrected chi connectivity index (χ4v) is 1.91. The minimum atomic E-state index is 0.553. The van der Waals surface area contributed by atoms with E-state index < -0.39 is 0 Å². The third kappa shape index (κ3) is 1.81. The minimum Gasteiger partial charge on any atom is -0.326 e. The monoisotopic (exact) mass is 205 g/mol. The van der Waals surface area contributed by atoms with Crippen molar-refractivity contribution in [3.8, 4) is 10.6 Å². The lowest BCUT2D eigenvalue weighted by Gasteiger charge is -1.95. The van der Waals surface area contributed by atoms with Gasteiger partial charge in [-0.25, -0.2) is 4.98 Å². The molecule has 2 rings (SSSR count). The molecule has 4 heteroatoms. The van der Waals surface area contributed by atoms with Crippen LogP contribution in [0, 0.1) is 6.92 Å². The summed E-state index contributed by atoms with van der Waals surface area (Å²) in [6.07, 6.45) is 3.66. The Morgan fingerprint density at radius 1 is 1.29 bits per heavy atom. The third-order valence-corrected chi connectivity index (χ3v) is 2.98. The predicted molar refractivity (Wildman–Crippen MR) is 58.0 cm³/mol. The lowest BCUT2D eigenvalue weighted by molar-refractivity contribution is 1.10. The van der Waals surface area contributed by atoms with Crippen LogP contribution in [-0.2, 0) is 6.54 Å². The molecule has 2 aromatic rings. The third-order valence-electron chi connectivity index (χ3n) is 1.91. The Balaban J connectivity index is 2.34. The SMILES string of the molecule is Cc1ccc(-c2ncc(CN)s2)cn1. The summed E-state index contributed by atoms with van der Waals surface area (Å²) >= 11 is 1.62. The van der Waals surface area contributed by atoms with Gasteiger partial charge >= 0.3 is 0 Å². The molecule has 2 N–H and O–H groups in total. The van der Waals surface area contributed by atoms with Crippen molar-refractivity contribution in [3.05, 3.63) is 35.1 Å². The Hall–Kier alpha value is -1.26. The van der Waals surface area contributed by atoms with E-state index in [4.69, 9.17) is 5.73 Å². The predicted octanol–water partition coefficient (Wildman–Crippen LogP) is 1.97. The highest BCUT2D eigenvalue weighted by Crippen LogP contribution is 2.23. The van der Waals surface area contributed by atoms with Crippen LogP contribution in [-0.4, -0.2) is 9.97 Å². The van der Waals surface area contributed by atoms with Gasteiger partial charge in [0.05, 0.1) is 0 Å². The van der Waals surface area contributed by atoms with Crippen LogP contribution in [0.3, 0.4) is 0 Å². The molecular weight excluding hydrogens is 194 g/mol. The molecular formula is C10H11N3S. The van der Waals surface area contributed by atoms with E-state index in [1.165, 1.54) is 0 Å². The fraction of sp³-hybridized carbons (Fsp3) is 0.200. The van der Waals surface area contributed by atoms with Gasteiger partial charge in [0.25, 0.3) is 0 Å². The number of hydrogen-bond donors (Lipinski definition) is 1. The highest BCUT2D eigenvalue weighted by Gasteiger charge is 2.03. The standard InChI is InChI=1S/C10H11N3S/c1-7-2-3-8(5-12-7)10-13-6-9(4-11)14-10/h2-3,5-6H,4,11H2,1H3. The summed E-state index contributed by atoms with van der Waals surface area (Å²) in [7, 11) is 0. The van der Waals surface area contributed by atoms with Crippen molar-refractivity contribution in [1.29, 1.82) is 0 Å². The van der Waals surface area contributed by atoms with Gasteiger partial charge in [-0.2, -0.15) is 0 Å². The number of nitrogens with zero attached hydrogens (tertiary/aromatic N) is 2. The smallest absolute Gasteiger partial charge is 0.125 e. The molecule has 0 aliphatic carbocycles. The second-order valence-corrected chi connectivity index (χ2v) is 4.14. The van der Waals surface area contributed by atoms with E-state index in [1.54, 1.807) is 11.3 Å². The molecule has 0 radical (unpaired) electrons. The molecule has 0 saturated heterocycles. The van der Waals surface area contributed by atoms with E-state index in [0.717, 1.165) is 21.1 Å². The number of rotatable bonds is 2. The summed E-state index contributed by atoms with van der Waals surface area (Å²) in [6, 6.07) is 4.01. The van der Waals surface area contributed by atoms with Crippen LogP contribution in [0.25, 0.3) is 10.6 Å². The first-order valence-electron chi connectivity index (χ1n) is 4.37. The normalized spacial score (nSPS) is 10.4. The summed E-state index contributed by atoms with van der Waals surface area (Å²) < 4.78 is 0. The topological polar surface area (TPSA) is 51.8 Å². The van der Waals surface area contributed by atoms with Crippen LogP contribution < -0.4 is 5.73 Å². The number of aromatic nitrogens is 2. The molecule has 2 aromatic heterocycles. The lowest BCUT2D eigenvalue weighted by Crippen LogP contribution is -1.91. The van der Waals surface area contributed by atoms with Gasteiger partial charge in [0.2, 0.25) is 0 Å². The summed E-state index contributed by atoms with van der Waals surface area (Å²) in [5, 5.41) is 0.984. The number of aryl methyl sites for hydroxylation is 1. The van der Waals surface area contributed by atoms with E-state index in [0.29, 0.717) is 6.54 Å². The molecule has 0 atom stereocenters. The van der Waals surface area contributed by atoms with E-state index in [-0.39, 0.29) is 0 Å². The summed E-state index contributed by atoms with van der Waals surface area (Å²) in [6.45, 7) is 2.52. The van der Waals surface area contributed by atoms with E-state index in [1.807, 2.05) is 31.5 Å². The molecule has 0 amide bonds. The van der Waals surface area contributed by atoms with Gasteiger partial charge in [-0.1, -0.05) is 0 Å².